The van der Waals surface area contributed by atoms with Gasteiger partial charge in [0.15, 0.2) is 0 Å². The molecule has 0 spiro atoms. The van der Waals surface area contributed by atoms with Gasteiger partial charge in [-0.2, -0.15) is 0 Å². The smallest absolute Gasteiger partial charge is 0.264 e. The van der Waals surface area contributed by atoms with Crippen LogP contribution in [0.4, 0.5) is 5.69 Å². The maximum absolute atomic E-state index is 13.4. The lowest BCUT2D eigenvalue weighted by molar-refractivity contribution is 0.0714. The molecule has 2 N–H and O–H groups in total. The quantitative estimate of drug-likeness (QED) is 0.803. The highest BCUT2D eigenvalue weighted by molar-refractivity contribution is 7.92. The van der Waals surface area contributed by atoms with Crippen LogP contribution in [-0.2, 0) is 16.4 Å². The Bertz CT molecular complexity index is 1000. The highest BCUT2D eigenvalue weighted by atomic mass is 35.5. The number of hydrogen-bond acceptors (Lipinski definition) is 4. The van der Waals surface area contributed by atoms with Crippen LogP contribution in [0.1, 0.15) is 35.7 Å². The molecule has 1 atom stereocenters. The van der Waals surface area contributed by atoms with Crippen molar-refractivity contribution in [2.75, 3.05) is 17.4 Å². The first-order chi connectivity index (χ1) is 13.4. The van der Waals surface area contributed by atoms with Crippen molar-refractivity contribution in [3.8, 4) is 0 Å². The number of carbonyl (C=O) groups excluding carboxylic acids is 1. The summed E-state index contributed by atoms with van der Waals surface area (Å²) in [5.74, 6) is -0.140. The highest BCUT2D eigenvalue weighted by Gasteiger charge is 2.36. The average molecular weight is 436 g/mol. The Morgan fingerprint density at radius 3 is 2.48 bits per heavy atom. The number of likely N-dealkylation sites (tertiary alicyclic amines) is 1. The molecular weight excluding hydrogens is 410 g/mol. The van der Waals surface area contributed by atoms with E-state index in [0.717, 1.165) is 24.1 Å². The Kier molecular flexibility index (Phi) is 6.22. The lowest BCUT2D eigenvalue weighted by Gasteiger charge is -2.30. The fourth-order valence-electron chi connectivity index (χ4n) is 4.09. The number of carbonyl (C=O) groups is 1. The van der Waals surface area contributed by atoms with Gasteiger partial charge in [0, 0.05) is 30.7 Å². The first kappa shape index (κ1) is 21.6. The van der Waals surface area contributed by atoms with Gasteiger partial charge in [-0.3, -0.25) is 9.10 Å². The zero-order chi connectivity index (χ0) is 19.9. The van der Waals surface area contributed by atoms with Crippen molar-refractivity contribution in [1.29, 1.82) is 0 Å². The molecular formula is C21H26ClN3O3S. The summed E-state index contributed by atoms with van der Waals surface area (Å²) in [6.45, 7) is 3.12. The van der Waals surface area contributed by atoms with E-state index in [0.29, 0.717) is 25.1 Å². The number of benzene rings is 2. The first-order valence-electron chi connectivity index (χ1n) is 9.65. The minimum absolute atomic E-state index is 0. The fourth-order valence-corrected chi connectivity index (χ4v) is 5.83. The minimum Gasteiger partial charge on any atom is -0.339 e. The number of sulfonamides is 1. The molecule has 0 aromatic heterocycles. The third kappa shape index (κ3) is 3.99. The Morgan fingerprint density at radius 1 is 1.07 bits per heavy atom. The topological polar surface area (TPSA) is 83.7 Å². The predicted octanol–water partition coefficient (Wildman–Crippen LogP) is 2.81. The van der Waals surface area contributed by atoms with E-state index in [1.165, 1.54) is 10.4 Å². The summed E-state index contributed by atoms with van der Waals surface area (Å²) in [7, 11) is -3.75. The molecule has 0 radical (unpaired) electrons. The Labute approximate surface area is 178 Å². The molecule has 1 amide bonds. The van der Waals surface area contributed by atoms with Crippen LogP contribution in [0, 0.1) is 0 Å². The lowest BCUT2D eigenvalue weighted by atomic mass is 10.0. The molecule has 2 aliphatic rings. The van der Waals surface area contributed by atoms with Crippen molar-refractivity contribution >= 4 is 34.0 Å². The molecule has 2 aliphatic heterocycles. The summed E-state index contributed by atoms with van der Waals surface area (Å²) < 4.78 is 28.3. The second kappa shape index (κ2) is 8.34. The van der Waals surface area contributed by atoms with Crippen molar-refractivity contribution in [3.05, 3.63) is 59.7 Å². The van der Waals surface area contributed by atoms with Crippen LogP contribution in [0.25, 0.3) is 0 Å². The first-order valence-corrected chi connectivity index (χ1v) is 11.1. The van der Waals surface area contributed by atoms with Crippen LogP contribution < -0.4 is 10.0 Å². The van der Waals surface area contributed by atoms with Crippen molar-refractivity contribution in [2.24, 2.45) is 5.73 Å². The summed E-state index contributed by atoms with van der Waals surface area (Å²) in [5, 5.41) is 0. The number of amides is 1. The highest BCUT2D eigenvalue weighted by Crippen LogP contribution is 2.36. The number of para-hydroxylation sites is 1. The molecule has 2 aromatic carbocycles. The van der Waals surface area contributed by atoms with Crippen molar-refractivity contribution < 1.29 is 13.2 Å². The molecule has 1 saturated heterocycles. The molecule has 29 heavy (non-hydrogen) atoms. The van der Waals surface area contributed by atoms with E-state index in [1.54, 1.807) is 23.1 Å². The van der Waals surface area contributed by atoms with E-state index in [4.69, 9.17) is 5.73 Å². The van der Waals surface area contributed by atoms with Crippen LogP contribution in [-0.4, -0.2) is 44.4 Å². The zero-order valence-corrected chi connectivity index (χ0v) is 18.0. The van der Waals surface area contributed by atoms with E-state index < -0.39 is 10.0 Å². The van der Waals surface area contributed by atoms with Crippen molar-refractivity contribution in [1.82, 2.24) is 4.90 Å². The van der Waals surface area contributed by atoms with E-state index in [-0.39, 0.29) is 35.3 Å². The third-order valence-electron chi connectivity index (χ3n) is 5.61. The van der Waals surface area contributed by atoms with Gasteiger partial charge in [0.2, 0.25) is 0 Å². The third-order valence-corrected chi connectivity index (χ3v) is 7.53. The molecule has 2 aromatic rings. The number of anilines is 1. The SMILES string of the molecule is CC1Cc2ccccc2N1S(=O)(=O)c1cccc(C(=O)N2CCC(N)CC2)c1.Cl. The minimum atomic E-state index is -3.75. The van der Waals surface area contributed by atoms with Crippen LogP contribution in [0.5, 0.6) is 0 Å². The largest absolute Gasteiger partial charge is 0.339 e. The number of halogens is 1. The number of nitrogens with zero attached hydrogens (tertiary/aromatic N) is 2. The number of nitrogens with two attached hydrogens (primary N) is 1. The normalized spacial score (nSPS) is 19.6. The fraction of sp³-hybridized carbons (Fsp3) is 0.381. The van der Waals surface area contributed by atoms with E-state index in [2.05, 4.69) is 0 Å². The van der Waals surface area contributed by atoms with E-state index in [1.807, 2.05) is 31.2 Å². The van der Waals surface area contributed by atoms with Gasteiger partial charge < -0.3 is 10.6 Å². The lowest BCUT2D eigenvalue weighted by Crippen LogP contribution is -2.43. The molecule has 2 heterocycles. The summed E-state index contributed by atoms with van der Waals surface area (Å²) in [4.78, 5) is 14.7. The van der Waals surface area contributed by atoms with Crippen LogP contribution >= 0.6 is 12.4 Å². The molecule has 0 saturated carbocycles. The van der Waals surface area contributed by atoms with Gasteiger partial charge in [0.25, 0.3) is 15.9 Å². The summed E-state index contributed by atoms with van der Waals surface area (Å²) >= 11 is 0. The average Bonchev–Trinajstić information content (AvgIpc) is 3.04. The number of fused-ring (bicyclic) bond motifs is 1. The van der Waals surface area contributed by atoms with Gasteiger partial charge in [0.1, 0.15) is 0 Å². The van der Waals surface area contributed by atoms with Crippen LogP contribution in [0.15, 0.2) is 53.4 Å². The van der Waals surface area contributed by atoms with E-state index >= 15 is 0 Å². The van der Waals surface area contributed by atoms with Gasteiger partial charge in [-0.05, 0) is 56.0 Å². The van der Waals surface area contributed by atoms with Crippen molar-refractivity contribution in [2.45, 2.75) is 43.2 Å². The zero-order valence-electron chi connectivity index (χ0n) is 16.3. The Balaban J connectivity index is 0.00000240. The molecule has 4 rings (SSSR count). The molecule has 1 fully saturated rings. The van der Waals surface area contributed by atoms with Gasteiger partial charge in [0.05, 0.1) is 10.6 Å². The monoisotopic (exact) mass is 435 g/mol. The van der Waals surface area contributed by atoms with E-state index in [9.17, 15) is 13.2 Å². The standard InChI is InChI=1S/C21H25N3O3S.ClH/c1-15-13-16-5-2-3-8-20(16)24(15)28(26,27)19-7-4-6-17(14-19)21(25)23-11-9-18(22)10-12-23;/h2-8,14-15,18H,9-13,22H2,1H3;1H. The number of piperidine rings is 1. The second-order valence-corrected chi connectivity index (χ2v) is 9.46. The van der Waals surface area contributed by atoms with Crippen LogP contribution in [0.3, 0.4) is 0 Å². The van der Waals surface area contributed by atoms with Gasteiger partial charge in [-0.1, -0.05) is 24.3 Å². The molecule has 1 unspecified atom stereocenters. The maximum Gasteiger partial charge on any atom is 0.264 e. The molecule has 0 bridgehead atoms. The van der Waals surface area contributed by atoms with Crippen molar-refractivity contribution in [3.63, 3.8) is 0 Å². The Morgan fingerprint density at radius 2 is 1.76 bits per heavy atom. The molecule has 6 nitrogen and oxygen atoms in total. The summed E-state index contributed by atoms with van der Waals surface area (Å²) in [6.07, 6.45) is 2.22. The van der Waals surface area contributed by atoms with Gasteiger partial charge in [-0.25, -0.2) is 8.42 Å². The second-order valence-electron chi connectivity index (χ2n) is 7.64. The van der Waals surface area contributed by atoms with Crippen LogP contribution in [0.2, 0.25) is 0 Å². The maximum atomic E-state index is 13.4. The number of rotatable bonds is 3. The Hall–Kier alpha value is -2.09. The molecule has 0 aliphatic carbocycles. The molecule has 8 heteroatoms. The summed E-state index contributed by atoms with van der Waals surface area (Å²) in [5.41, 5.74) is 8.06. The van der Waals surface area contributed by atoms with Gasteiger partial charge in [-0.15, -0.1) is 12.4 Å². The molecule has 156 valence electrons. The van der Waals surface area contributed by atoms with Gasteiger partial charge >= 0.3 is 0 Å². The predicted molar refractivity (Wildman–Crippen MR) is 116 cm³/mol. The summed E-state index contributed by atoms with van der Waals surface area (Å²) in [6, 6.07) is 13.9. The number of hydrogen-bond donors (Lipinski definition) is 1.